The maximum atomic E-state index is 12.4. The summed E-state index contributed by atoms with van der Waals surface area (Å²) in [4.78, 5) is 27.3. The van der Waals surface area contributed by atoms with E-state index < -0.39 is 5.60 Å². The summed E-state index contributed by atoms with van der Waals surface area (Å²) in [5.74, 6) is 0.420. The third-order valence-corrected chi connectivity index (χ3v) is 4.24. The molecule has 2 saturated heterocycles. The van der Waals surface area contributed by atoms with Gasteiger partial charge in [0, 0.05) is 19.6 Å². The van der Waals surface area contributed by atoms with E-state index in [0.717, 1.165) is 12.8 Å². The molecule has 1 atom stereocenters. The van der Waals surface area contributed by atoms with Gasteiger partial charge in [0.25, 0.3) is 0 Å². The molecule has 23 heavy (non-hydrogen) atoms. The highest BCUT2D eigenvalue weighted by atomic mass is 16.6. The van der Waals surface area contributed by atoms with E-state index in [1.165, 1.54) is 0 Å². The Morgan fingerprint density at radius 1 is 1.43 bits per heavy atom. The molecule has 9 nitrogen and oxygen atoms in total. The number of urea groups is 1. The first kappa shape index (κ1) is 15.6. The number of likely N-dealkylation sites (tertiary alicyclic amines) is 1. The van der Waals surface area contributed by atoms with Crippen molar-refractivity contribution in [2.45, 2.75) is 38.3 Å². The molecule has 1 aromatic rings. The van der Waals surface area contributed by atoms with Gasteiger partial charge < -0.3 is 14.5 Å². The number of hydrogen-bond acceptors (Lipinski definition) is 5. The van der Waals surface area contributed by atoms with E-state index in [2.05, 4.69) is 15.6 Å². The monoisotopic (exact) mass is 322 g/mol. The molecule has 1 aromatic heterocycles. The van der Waals surface area contributed by atoms with Crippen LogP contribution in [-0.4, -0.2) is 69.2 Å². The Balaban J connectivity index is 1.64. The van der Waals surface area contributed by atoms with Crippen LogP contribution in [0.4, 0.5) is 15.4 Å². The molecule has 0 saturated carbocycles. The molecule has 3 rings (SSSR count). The van der Waals surface area contributed by atoms with Crippen molar-refractivity contribution in [3.8, 4) is 0 Å². The van der Waals surface area contributed by atoms with Crippen LogP contribution in [0.25, 0.3) is 0 Å². The second kappa shape index (κ2) is 5.71. The minimum atomic E-state index is -0.586. The Labute approximate surface area is 134 Å². The number of hydrogen-bond donors (Lipinski definition) is 1. The predicted molar refractivity (Wildman–Crippen MR) is 82.1 cm³/mol. The summed E-state index contributed by atoms with van der Waals surface area (Å²) in [6.45, 7) is 5.51. The van der Waals surface area contributed by atoms with Crippen LogP contribution in [0.5, 0.6) is 0 Å². The van der Waals surface area contributed by atoms with Crippen LogP contribution in [0.3, 0.4) is 0 Å². The van der Waals surface area contributed by atoms with Crippen molar-refractivity contribution in [2.75, 3.05) is 32.0 Å². The molecule has 126 valence electrons. The van der Waals surface area contributed by atoms with Crippen molar-refractivity contribution in [2.24, 2.45) is 0 Å². The molecule has 0 aromatic carbocycles. The maximum Gasteiger partial charge on any atom is 0.410 e. The van der Waals surface area contributed by atoms with Gasteiger partial charge in [-0.3, -0.25) is 5.32 Å². The minimum absolute atomic E-state index is 0.180. The van der Waals surface area contributed by atoms with Crippen molar-refractivity contribution < 1.29 is 14.3 Å². The lowest BCUT2D eigenvalue weighted by atomic mass is 9.93. The highest BCUT2D eigenvalue weighted by Crippen LogP contribution is 2.31. The van der Waals surface area contributed by atoms with Crippen molar-refractivity contribution in [3.05, 3.63) is 6.20 Å². The molecule has 0 unspecified atom stereocenters. The Morgan fingerprint density at radius 3 is 2.83 bits per heavy atom. The second-order valence-electron chi connectivity index (χ2n) is 6.54. The summed E-state index contributed by atoms with van der Waals surface area (Å²) < 4.78 is 7.18. The second-order valence-corrected chi connectivity index (χ2v) is 6.54. The molecular formula is C14H22N6O3. The molecule has 2 fully saturated rings. The lowest BCUT2D eigenvalue weighted by Gasteiger charge is -2.38. The lowest BCUT2D eigenvalue weighted by Crippen LogP contribution is -2.53. The molecule has 0 radical (unpaired) electrons. The van der Waals surface area contributed by atoms with Gasteiger partial charge in [0.2, 0.25) is 0 Å². The van der Waals surface area contributed by atoms with E-state index in [4.69, 9.17) is 4.74 Å². The number of carbonyl (C=O) groups excluding carboxylic acids is 2. The molecule has 0 aliphatic carbocycles. The largest absolute Gasteiger partial charge is 0.439 e. The van der Waals surface area contributed by atoms with Crippen molar-refractivity contribution in [3.63, 3.8) is 0 Å². The van der Waals surface area contributed by atoms with Gasteiger partial charge in [0.05, 0.1) is 19.3 Å². The van der Waals surface area contributed by atoms with E-state index in [9.17, 15) is 9.59 Å². The molecule has 0 bridgehead atoms. The normalized spacial score (nSPS) is 24.4. The van der Waals surface area contributed by atoms with E-state index in [0.29, 0.717) is 25.5 Å². The number of carbonyl (C=O) groups is 2. The van der Waals surface area contributed by atoms with Gasteiger partial charge in [-0.05, 0) is 26.7 Å². The van der Waals surface area contributed by atoms with Crippen molar-refractivity contribution in [1.82, 2.24) is 24.8 Å². The summed E-state index contributed by atoms with van der Waals surface area (Å²) >= 11 is 0. The Kier molecular flexibility index (Phi) is 3.87. The molecule has 9 heteroatoms. The molecular weight excluding hydrogens is 300 g/mol. The third-order valence-electron chi connectivity index (χ3n) is 4.24. The van der Waals surface area contributed by atoms with Crippen LogP contribution in [0, 0.1) is 0 Å². The maximum absolute atomic E-state index is 12.4. The average Bonchev–Trinajstić information content (AvgIpc) is 3.05. The van der Waals surface area contributed by atoms with Crippen molar-refractivity contribution >= 4 is 17.9 Å². The SMILES string of the molecule is CC(C)n1cc(NC(=O)N2CCC[C@]3(CN(C)C(=O)O3)C2)nn1. The van der Waals surface area contributed by atoms with Crippen LogP contribution in [-0.2, 0) is 4.74 Å². The highest BCUT2D eigenvalue weighted by Gasteiger charge is 2.47. The van der Waals surface area contributed by atoms with E-state index >= 15 is 0 Å². The van der Waals surface area contributed by atoms with Crippen LogP contribution in [0.15, 0.2) is 6.20 Å². The molecule has 3 heterocycles. The summed E-state index contributed by atoms with van der Waals surface area (Å²) in [6, 6.07) is -0.0645. The third kappa shape index (κ3) is 3.08. The van der Waals surface area contributed by atoms with Gasteiger partial charge in [-0.15, -0.1) is 5.10 Å². The van der Waals surface area contributed by atoms with Gasteiger partial charge in [0.1, 0.15) is 5.60 Å². The van der Waals surface area contributed by atoms with Crippen molar-refractivity contribution in [1.29, 1.82) is 0 Å². The Hall–Kier alpha value is -2.32. The van der Waals surface area contributed by atoms with Gasteiger partial charge in [-0.1, -0.05) is 5.21 Å². The zero-order valence-electron chi connectivity index (χ0n) is 13.7. The quantitative estimate of drug-likeness (QED) is 0.886. The number of nitrogens with one attached hydrogen (secondary N) is 1. The summed E-state index contributed by atoms with van der Waals surface area (Å²) in [5, 5.41) is 10.7. The molecule has 1 N–H and O–H groups in total. The number of ether oxygens (including phenoxy) is 1. The van der Waals surface area contributed by atoms with Gasteiger partial charge in [-0.2, -0.15) is 0 Å². The fourth-order valence-electron chi connectivity index (χ4n) is 3.05. The number of nitrogens with zero attached hydrogens (tertiary/aromatic N) is 5. The average molecular weight is 322 g/mol. The molecule has 2 aliphatic rings. The van der Waals surface area contributed by atoms with E-state index in [1.807, 2.05) is 13.8 Å². The summed E-state index contributed by atoms with van der Waals surface area (Å²) in [5.41, 5.74) is -0.586. The summed E-state index contributed by atoms with van der Waals surface area (Å²) in [7, 11) is 1.71. The number of aromatic nitrogens is 3. The number of amides is 3. The number of piperidine rings is 1. The molecule has 3 amide bonds. The van der Waals surface area contributed by atoms with Gasteiger partial charge >= 0.3 is 12.1 Å². The van der Waals surface area contributed by atoms with Gasteiger partial charge in [0.15, 0.2) is 5.82 Å². The molecule has 1 spiro atoms. The van der Waals surface area contributed by atoms with E-state index in [1.54, 1.807) is 27.7 Å². The van der Waals surface area contributed by atoms with Crippen LogP contribution < -0.4 is 5.32 Å². The fraction of sp³-hybridized carbons (Fsp3) is 0.714. The predicted octanol–water partition coefficient (Wildman–Crippen LogP) is 1.31. The number of likely N-dealkylation sites (N-methyl/N-ethyl adjacent to an activating group) is 1. The van der Waals surface area contributed by atoms with Crippen LogP contribution in [0.1, 0.15) is 32.7 Å². The smallest absolute Gasteiger partial charge is 0.410 e. The first-order chi connectivity index (χ1) is 10.9. The first-order valence-corrected chi connectivity index (χ1v) is 7.80. The lowest BCUT2D eigenvalue weighted by molar-refractivity contribution is 0.00496. The van der Waals surface area contributed by atoms with Crippen LogP contribution in [0.2, 0.25) is 0 Å². The fourth-order valence-corrected chi connectivity index (χ4v) is 3.05. The Morgan fingerprint density at radius 2 is 2.22 bits per heavy atom. The van der Waals surface area contributed by atoms with Crippen LogP contribution >= 0.6 is 0 Å². The first-order valence-electron chi connectivity index (χ1n) is 7.80. The number of anilines is 1. The van der Waals surface area contributed by atoms with E-state index in [-0.39, 0.29) is 18.2 Å². The standard InChI is InChI=1S/C14H22N6O3/c1-10(2)20-7-11(16-17-20)15-12(21)19-6-4-5-14(9-19)8-18(3)13(22)23-14/h7,10H,4-6,8-9H2,1-3H3,(H,15,21)/t14-/m0/s1. The topological polar surface area (TPSA) is 92.6 Å². The summed E-state index contributed by atoms with van der Waals surface area (Å²) in [6.07, 6.45) is 2.95. The van der Waals surface area contributed by atoms with Gasteiger partial charge in [-0.25, -0.2) is 14.3 Å². The highest BCUT2D eigenvalue weighted by molar-refractivity contribution is 5.88. The zero-order chi connectivity index (χ0) is 16.6. The zero-order valence-corrected chi connectivity index (χ0v) is 13.7. The molecule has 2 aliphatic heterocycles. The number of rotatable bonds is 2. The minimum Gasteiger partial charge on any atom is -0.439 e. The Bertz CT molecular complexity index is 615.